The molecule has 1 aliphatic rings. The Balaban J connectivity index is 1.50. The first-order chi connectivity index (χ1) is 12.3. The van der Waals surface area contributed by atoms with Crippen LogP contribution in [0.2, 0.25) is 0 Å². The van der Waals surface area contributed by atoms with Crippen LogP contribution in [0.15, 0.2) is 36.7 Å². The number of nitrogens with zero attached hydrogens (tertiary/aromatic N) is 2. The molecule has 0 saturated heterocycles. The summed E-state index contributed by atoms with van der Waals surface area (Å²) >= 11 is 0. The molecule has 1 atom stereocenters. The quantitative estimate of drug-likeness (QED) is 0.749. The predicted molar refractivity (Wildman–Crippen MR) is 98.3 cm³/mol. The number of rotatable bonds is 5. The molecular weight excluding hydrogens is 312 g/mol. The summed E-state index contributed by atoms with van der Waals surface area (Å²) in [5.41, 5.74) is 5.22. The molecule has 1 unspecified atom stereocenters. The second kappa shape index (κ2) is 6.75. The first-order valence-electron chi connectivity index (χ1n) is 9.15. The van der Waals surface area contributed by atoms with Crippen molar-refractivity contribution in [3.63, 3.8) is 0 Å². The number of nitrogens with one attached hydrogen (secondary N) is 2. The SMILES string of the molecule is CCC(C(=O)NCc1ccc2[nH]c3c(c2c1)CCCC3)n1cccn1. The van der Waals surface area contributed by atoms with Gasteiger partial charge >= 0.3 is 0 Å². The number of carbonyl (C=O) groups excluding carboxylic acids is 1. The van der Waals surface area contributed by atoms with E-state index in [0.29, 0.717) is 6.54 Å². The standard InChI is InChI=1S/C20H24N4O/c1-2-19(24-11-5-10-22-24)20(25)21-13-14-8-9-18-16(12-14)15-6-3-4-7-17(15)23-18/h5,8-12,19,23H,2-4,6-7,13H2,1H3,(H,21,25). The van der Waals surface area contributed by atoms with Gasteiger partial charge in [-0.25, -0.2) is 0 Å². The number of carbonyl (C=O) groups is 1. The minimum atomic E-state index is -0.251. The number of H-pyrrole nitrogens is 1. The van der Waals surface area contributed by atoms with Crippen LogP contribution in [0.25, 0.3) is 10.9 Å². The van der Waals surface area contributed by atoms with Gasteiger partial charge in [0, 0.05) is 35.5 Å². The first kappa shape index (κ1) is 15.9. The summed E-state index contributed by atoms with van der Waals surface area (Å²) in [6.07, 6.45) is 9.11. The average Bonchev–Trinajstić information content (AvgIpc) is 3.28. The van der Waals surface area contributed by atoms with Crippen molar-refractivity contribution in [2.75, 3.05) is 0 Å². The second-order valence-corrected chi connectivity index (χ2v) is 6.80. The third-order valence-electron chi connectivity index (χ3n) is 5.16. The number of hydrogen-bond acceptors (Lipinski definition) is 2. The van der Waals surface area contributed by atoms with E-state index in [2.05, 4.69) is 33.6 Å². The van der Waals surface area contributed by atoms with E-state index >= 15 is 0 Å². The summed E-state index contributed by atoms with van der Waals surface area (Å²) in [6.45, 7) is 2.55. The van der Waals surface area contributed by atoms with Crippen molar-refractivity contribution in [3.05, 3.63) is 53.5 Å². The summed E-state index contributed by atoms with van der Waals surface area (Å²) in [5, 5.41) is 8.58. The first-order valence-corrected chi connectivity index (χ1v) is 9.15. The summed E-state index contributed by atoms with van der Waals surface area (Å²) < 4.78 is 1.72. The van der Waals surface area contributed by atoms with Gasteiger partial charge in [0.1, 0.15) is 6.04 Å². The van der Waals surface area contributed by atoms with E-state index in [1.54, 1.807) is 10.9 Å². The number of aromatic amines is 1. The smallest absolute Gasteiger partial charge is 0.245 e. The zero-order valence-electron chi connectivity index (χ0n) is 14.6. The number of aryl methyl sites for hydroxylation is 2. The lowest BCUT2D eigenvalue weighted by atomic mass is 9.95. The minimum Gasteiger partial charge on any atom is -0.358 e. The van der Waals surface area contributed by atoms with Gasteiger partial charge in [-0.2, -0.15) is 5.10 Å². The molecule has 0 aliphatic heterocycles. The highest BCUT2D eigenvalue weighted by Gasteiger charge is 2.19. The van der Waals surface area contributed by atoms with E-state index in [-0.39, 0.29) is 11.9 Å². The lowest BCUT2D eigenvalue weighted by molar-refractivity contribution is -0.124. The van der Waals surface area contributed by atoms with Crippen LogP contribution in [-0.2, 0) is 24.2 Å². The van der Waals surface area contributed by atoms with Crippen molar-refractivity contribution in [3.8, 4) is 0 Å². The molecule has 0 radical (unpaired) electrons. The second-order valence-electron chi connectivity index (χ2n) is 6.80. The molecule has 1 aliphatic carbocycles. The molecule has 2 N–H and O–H groups in total. The van der Waals surface area contributed by atoms with Crippen LogP contribution in [0.3, 0.4) is 0 Å². The van der Waals surface area contributed by atoms with Gasteiger partial charge in [0.05, 0.1) is 0 Å². The van der Waals surface area contributed by atoms with Crippen molar-refractivity contribution in [1.29, 1.82) is 0 Å². The van der Waals surface area contributed by atoms with Gasteiger partial charge in [-0.3, -0.25) is 9.48 Å². The van der Waals surface area contributed by atoms with Crippen LogP contribution < -0.4 is 5.32 Å². The monoisotopic (exact) mass is 336 g/mol. The van der Waals surface area contributed by atoms with E-state index in [4.69, 9.17) is 0 Å². The molecular formula is C20H24N4O. The Hall–Kier alpha value is -2.56. The fourth-order valence-electron chi connectivity index (χ4n) is 3.83. The van der Waals surface area contributed by atoms with E-state index in [0.717, 1.165) is 24.8 Å². The lowest BCUT2D eigenvalue weighted by Gasteiger charge is -2.15. The van der Waals surface area contributed by atoms with Crippen LogP contribution in [-0.4, -0.2) is 20.7 Å². The number of amides is 1. The third-order valence-corrected chi connectivity index (χ3v) is 5.16. The molecule has 0 spiro atoms. The summed E-state index contributed by atoms with van der Waals surface area (Å²) in [7, 11) is 0. The maximum atomic E-state index is 12.5. The molecule has 0 saturated carbocycles. The van der Waals surface area contributed by atoms with E-state index in [1.807, 2.05) is 19.2 Å². The minimum absolute atomic E-state index is 0.0161. The fourth-order valence-corrected chi connectivity index (χ4v) is 3.83. The maximum absolute atomic E-state index is 12.5. The molecule has 1 amide bonds. The molecule has 0 bridgehead atoms. The van der Waals surface area contributed by atoms with E-state index in [9.17, 15) is 4.79 Å². The largest absolute Gasteiger partial charge is 0.358 e. The Bertz CT molecular complexity index is 879. The molecule has 25 heavy (non-hydrogen) atoms. The normalized spacial score (nSPS) is 15.1. The highest BCUT2D eigenvalue weighted by Crippen LogP contribution is 2.29. The maximum Gasteiger partial charge on any atom is 0.245 e. The van der Waals surface area contributed by atoms with Crippen LogP contribution in [0.1, 0.15) is 49.0 Å². The molecule has 4 rings (SSSR count). The number of benzene rings is 1. The van der Waals surface area contributed by atoms with Gasteiger partial charge in [0.15, 0.2) is 0 Å². The van der Waals surface area contributed by atoms with Crippen molar-refractivity contribution < 1.29 is 4.79 Å². The zero-order chi connectivity index (χ0) is 17.2. The van der Waals surface area contributed by atoms with Crippen molar-refractivity contribution in [1.82, 2.24) is 20.1 Å². The Labute approximate surface area is 147 Å². The molecule has 3 aromatic rings. The van der Waals surface area contributed by atoms with Gasteiger partial charge in [0.2, 0.25) is 5.91 Å². The van der Waals surface area contributed by atoms with Gasteiger partial charge in [0.25, 0.3) is 0 Å². The number of fused-ring (bicyclic) bond motifs is 3. The van der Waals surface area contributed by atoms with Crippen molar-refractivity contribution >= 4 is 16.8 Å². The molecule has 130 valence electrons. The van der Waals surface area contributed by atoms with Crippen LogP contribution in [0.4, 0.5) is 0 Å². The molecule has 1 aromatic carbocycles. The predicted octanol–water partition coefficient (Wildman–Crippen LogP) is 3.51. The molecule has 0 fully saturated rings. The van der Waals surface area contributed by atoms with Crippen LogP contribution in [0, 0.1) is 0 Å². The topological polar surface area (TPSA) is 62.7 Å². The highest BCUT2D eigenvalue weighted by atomic mass is 16.2. The van der Waals surface area contributed by atoms with Gasteiger partial charge in [-0.15, -0.1) is 0 Å². The third kappa shape index (κ3) is 3.06. The van der Waals surface area contributed by atoms with E-state index in [1.165, 1.54) is 35.0 Å². The van der Waals surface area contributed by atoms with Gasteiger partial charge < -0.3 is 10.3 Å². The van der Waals surface area contributed by atoms with Crippen LogP contribution >= 0.6 is 0 Å². The summed E-state index contributed by atoms with van der Waals surface area (Å²) in [5.74, 6) is 0.0161. The lowest BCUT2D eigenvalue weighted by Crippen LogP contribution is -2.32. The van der Waals surface area contributed by atoms with Gasteiger partial charge in [-0.1, -0.05) is 13.0 Å². The molecule has 5 nitrogen and oxygen atoms in total. The molecule has 2 heterocycles. The van der Waals surface area contributed by atoms with Crippen molar-refractivity contribution in [2.45, 2.75) is 51.6 Å². The number of hydrogen-bond donors (Lipinski definition) is 2. The van der Waals surface area contributed by atoms with Crippen LogP contribution in [0.5, 0.6) is 0 Å². The molecule has 2 aromatic heterocycles. The zero-order valence-corrected chi connectivity index (χ0v) is 14.6. The van der Waals surface area contributed by atoms with Crippen molar-refractivity contribution in [2.24, 2.45) is 0 Å². The Kier molecular flexibility index (Phi) is 4.30. The summed E-state index contributed by atoms with van der Waals surface area (Å²) in [6, 6.07) is 8.06. The summed E-state index contributed by atoms with van der Waals surface area (Å²) in [4.78, 5) is 16.1. The Morgan fingerprint density at radius 1 is 1.36 bits per heavy atom. The molecule has 5 heteroatoms. The fraction of sp³-hybridized carbons (Fsp3) is 0.400. The Morgan fingerprint density at radius 2 is 2.24 bits per heavy atom. The highest BCUT2D eigenvalue weighted by molar-refractivity contribution is 5.86. The number of aromatic nitrogens is 3. The average molecular weight is 336 g/mol. The van der Waals surface area contributed by atoms with Gasteiger partial charge in [-0.05, 0) is 61.4 Å². The van der Waals surface area contributed by atoms with E-state index < -0.39 is 0 Å². The Morgan fingerprint density at radius 3 is 3.04 bits per heavy atom.